The molecule has 0 unspecified atom stereocenters. The lowest BCUT2D eigenvalue weighted by Crippen LogP contribution is -2.38. The van der Waals surface area contributed by atoms with Crippen LogP contribution in [-0.4, -0.2) is 58.6 Å². The number of carbonyl (C=O) groups is 2. The summed E-state index contributed by atoms with van der Waals surface area (Å²) in [7, 11) is 1.62. The van der Waals surface area contributed by atoms with E-state index in [0.29, 0.717) is 31.8 Å². The van der Waals surface area contributed by atoms with Crippen molar-refractivity contribution in [2.75, 3.05) is 32.1 Å². The molecule has 2 atom stereocenters. The van der Waals surface area contributed by atoms with E-state index >= 15 is 0 Å². The Morgan fingerprint density at radius 2 is 2.39 bits per heavy atom. The van der Waals surface area contributed by atoms with Crippen LogP contribution in [0.4, 0.5) is 10.5 Å². The molecule has 1 aliphatic carbocycles. The Morgan fingerprint density at radius 3 is 3.09 bits per heavy atom. The van der Waals surface area contributed by atoms with E-state index in [2.05, 4.69) is 10.4 Å². The van der Waals surface area contributed by atoms with Crippen molar-refractivity contribution >= 4 is 17.7 Å². The molecule has 126 valence electrons. The average Bonchev–Trinajstić information content (AvgIpc) is 3.18. The van der Waals surface area contributed by atoms with Crippen molar-refractivity contribution in [1.29, 1.82) is 0 Å². The maximum Gasteiger partial charge on any atom is 0.321 e. The molecule has 3 rings (SSSR count). The molecule has 0 bridgehead atoms. The Hall–Kier alpha value is -2.09. The van der Waals surface area contributed by atoms with Crippen molar-refractivity contribution in [2.45, 2.75) is 25.8 Å². The minimum Gasteiger partial charge on any atom is -0.481 e. The van der Waals surface area contributed by atoms with Gasteiger partial charge in [-0.05, 0) is 18.8 Å². The van der Waals surface area contributed by atoms with Crippen LogP contribution in [0.25, 0.3) is 0 Å². The first-order valence-electron chi connectivity index (χ1n) is 7.86. The Balaban J connectivity index is 1.61. The molecule has 2 fully saturated rings. The van der Waals surface area contributed by atoms with Crippen LogP contribution in [0.15, 0.2) is 12.4 Å². The summed E-state index contributed by atoms with van der Waals surface area (Å²) in [5.74, 6) is -0.710. The number of ether oxygens (including phenoxy) is 1. The standard InChI is InChI=1S/C15H22N4O4/c1-23-6-5-19-9-12(7-16-19)17-14(22)18-8-11-3-2-4-15(11,10-18)13(20)21/h7,9,11H,2-6,8,10H2,1H3,(H,17,22)(H,20,21)/t11-,15+/m0/s1. The number of nitrogens with zero attached hydrogens (tertiary/aromatic N) is 3. The van der Waals surface area contributed by atoms with Crippen molar-refractivity contribution in [3.05, 3.63) is 12.4 Å². The predicted octanol–water partition coefficient (Wildman–Crippen LogP) is 1.25. The highest BCUT2D eigenvalue weighted by Gasteiger charge is 2.55. The van der Waals surface area contributed by atoms with Crippen molar-refractivity contribution in [1.82, 2.24) is 14.7 Å². The first-order chi connectivity index (χ1) is 11.0. The van der Waals surface area contributed by atoms with Gasteiger partial charge in [-0.3, -0.25) is 9.48 Å². The van der Waals surface area contributed by atoms with Gasteiger partial charge >= 0.3 is 12.0 Å². The third kappa shape index (κ3) is 2.90. The molecule has 2 amide bonds. The Morgan fingerprint density at radius 1 is 1.57 bits per heavy atom. The molecule has 8 nitrogen and oxygen atoms in total. The van der Waals surface area contributed by atoms with Crippen LogP contribution in [0.2, 0.25) is 0 Å². The highest BCUT2D eigenvalue weighted by Crippen LogP contribution is 2.48. The number of carbonyl (C=O) groups excluding carboxylic acids is 1. The molecule has 0 spiro atoms. The van der Waals surface area contributed by atoms with Crippen LogP contribution in [0.1, 0.15) is 19.3 Å². The van der Waals surface area contributed by atoms with E-state index in [4.69, 9.17) is 4.74 Å². The molecular formula is C15H22N4O4. The number of aliphatic carboxylic acids is 1. The van der Waals surface area contributed by atoms with Crippen LogP contribution in [0, 0.1) is 11.3 Å². The lowest BCUT2D eigenvalue weighted by atomic mass is 9.81. The zero-order valence-electron chi connectivity index (χ0n) is 13.2. The Kier molecular flexibility index (Phi) is 4.25. The molecule has 1 saturated heterocycles. The number of fused-ring (bicyclic) bond motifs is 1. The van der Waals surface area contributed by atoms with Gasteiger partial charge in [0, 0.05) is 26.4 Å². The fourth-order valence-electron chi connectivity index (χ4n) is 3.73. The van der Waals surface area contributed by atoms with Gasteiger partial charge in [-0.2, -0.15) is 5.10 Å². The third-order valence-electron chi connectivity index (χ3n) is 4.99. The second-order valence-corrected chi connectivity index (χ2v) is 6.35. The van der Waals surface area contributed by atoms with E-state index in [0.717, 1.165) is 12.8 Å². The molecule has 1 aliphatic heterocycles. The smallest absolute Gasteiger partial charge is 0.321 e. The van der Waals surface area contributed by atoms with Crippen LogP contribution in [-0.2, 0) is 16.1 Å². The van der Waals surface area contributed by atoms with Crippen molar-refractivity contribution in [2.24, 2.45) is 11.3 Å². The van der Waals surface area contributed by atoms with E-state index in [1.165, 1.54) is 0 Å². The Labute approximate surface area is 134 Å². The van der Waals surface area contributed by atoms with E-state index in [9.17, 15) is 14.7 Å². The fourth-order valence-corrected chi connectivity index (χ4v) is 3.73. The largest absolute Gasteiger partial charge is 0.481 e. The lowest BCUT2D eigenvalue weighted by molar-refractivity contribution is -0.149. The van der Waals surface area contributed by atoms with E-state index in [1.807, 2.05) is 0 Å². The second kappa shape index (κ2) is 6.19. The first kappa shape index (κ1) is 15.8. The van der Waals surface area contributed by atoms with Gasteiger partial charge in [-0.25, -0.2) is 4.79 Å². The summed E-state index contributed by atoms with van der Waals surface area (Å²) in [6.45, 7) is 1.96. The minimum atomic E-state index is -0.775. The number of nitrogens with one attached hydrogen (secondary N) is 1. The highest BCUT2D eigenvalue weighted by molar-refractivity contribution is 5.90. The van der Waals surface area contributed by atoms with Crippen molar-refractivity contribution < 1.29 is 19.4 Å². The van der Waals surface area contributed by atoms with Gasteiger partial charge in [-0.15, -0.1) is 0 Å². The number of carboxylic acids is 1. The first-order valence-corrected chi connectivity index (χ1v) is 7.86. The average molecular weight is 322 g/mol. The molecule has 2 heterocycles. The number of hydrogen-bond acceptors (Lipinski definition) is 4. The number of urea groups is 1. The minimum absolute atomic E-state index is 0.0650. The molecule has 0 aromatic carbocycles. The SMILES string of the molecule is COCCn1cc(NC(=O)N2C[C@@H]3CCC[C@@]3(C(=O)O)C2)cn1. The van der Waals surface area contributed by atoms with Crippen LogP contribution in [0.3, 0.4) is 0 Å². The Bertz CT molecular complexity index is 602. The molecule has 1 aromatic rings. The molecule has 8 heteroatoms. The summed E-state index contributed by atoms with van der Waals surface area (Å²) in [4.78, 5) is 25.7. The number of methoxy groups -OCH3 is 1. The summed E-state index contributed by atoms with van der Waals surface area (Å²) in [6, 6.07) is -0.258. The number of aromatic nitrogens is 2. The van der Waals surface area contributed by atoms with Gasteiger partial charge in [0.2, 0.25) is 0 Å². The van der Waals surface area contributed by atoms with Crippen LogP contribution < -0.4 is 5.32 Å². The van der Waals surface area contributed by atoms with Crippen molar-refractivity contribution in [3.8, 4) is 0 Å². The second-order valence-electron chi connectivity index (χ2n) is 6.35. The van der Waals surface area contributed by atoms with Crippen molar-refractivity contribution in [3.63, 3.8) is 0 Å². The summed E-state index contributed by atoms with van der Waals surface area (Å²) < 4.78 is 6.67. The highest BCUT2D eigenvalue weighted by atomic mass is 16.5. The van der Waals surface area contributed by atoms with E-state index in [1.54, 1.807) is 29.1 Å². The monoisotopic (exact) mass is 322 g/mol. The normalized spacial score (nSPS) is 26.3. The molecule has 2 N–H and O–H groups in total. The predicted molar refractivity (Wildman–Crippen MR) is 82.1 cm³/mol. The molecule has 0 radical (unpaired) electrons. The maximum atomic E-state index is 12.4. The molecular weight excluding hydrogens is 300 g/mol. The molecule has 2 aliphatic rings. The number of anilines is 1. The maximum absolute atomic E-state index is 12.4. The molecule has 1 saturated carbocycles. The van der Waals surface area contributed by atoms with Crippen LogP contribution >= 0.6 is 0 Å². The zero-order chi connectivity index (χ0) is 16.4. The summed E-state index contributed by atoms with van der Waals surface area (Å²) in [5, 5.41) is 16.5. The summed E-state index contributed by atoms with van der Waals surface area (Å²) in [5.41, 5.74) is -0.146. The number of rotatable bonds is 5. The quantitative estimate of drug-likeness (QED) is 0.850. The fraction of sp³-hybridized carbons (Fsp3) is 0.667. The van der Waals surface area contributed by atoms with Gasteiger partial charge in [-0.1, -0.05) is 6.42 Å². The lowest BCUT2D eigenvalue weighted by Gasteiger charge is -2.23. The molecule has 23 heavy (non-hydrogen) atoms. The molecule has 1 aromatic heterocycles. The van der Waals surface area contributed by atoms with E-state index < -0.39 is 11.4 Å². The van der Waals surface area contributed by atoms with Gasteiger partial charge < -0.3 is 20.1 Å². The van der Waals surface area contributed by atoms with Gasteiger partial charge in [0.1, 0.15) is 0 Å². The van der Waals surface area contributed by atoms with Gasteiger partial charge in [0.05, 0.1) is 30.5 Å². The number of hydrogen-bond donors (Lipinski definition) is 2. The van der Waals surface area contributed by atoms with Crippen LogP contribution in [0.5, 0.6) is 0 Å². The summed E-state index contributed by atoms with van der Waals surface area (Å²) in [6.07, 6.45) is 5.79. The number of amides is 2. The number of likely N-dealkylation sites (tertiary alicyclic amines) is 1. The third-order valence-corrected chi connectivity index (χ3v) is 4.99. The number of carboxylic acid groups (broad SMARTS) is 1. The van der Waals surface area contributed by atoms with Gasteiger partial charge in [0.25, 0.3) is 0 Å². The van der Waals surface area contributed by atoms with Gasteiger partial charge in [0.15, 0.2) is 0 Å². The summed E-state index contributed by atoms with van der Waals surface area (Å²) >= 11 is 0. The van der Waals surface area contributed by atoms with E-state index in [-0.39, 0.29) is 18.5 Å². The zero-order valence-corrected chi connectivity index (χ0v) is 13.2. The topological polar surface area (TPSA) is 96.7 Å².